The average molecular weight is 274 g/mol. The first-order chi connectivity index (χ1) is 9.72. The van der Waals surface area contributed by atoms with Crippen molar-refractivity contribution in [1.82, 2.24) is 24.2 Å². The minimum atomic E-state index is 0.497. The van der Waals surface area contributed by atoms with Gasteiger partial charge in [-0.25, -0.2) is 4.98 Å². The standard InChI is InChI=1S/C14H22N6/c1-18-11-6-16-14(18)5-9-19-7-2-12(3-8-19)20-10-4-13(15)17-20/h4,6,10-12H,2-3,5,7-9H2,1H3,(H2,15,17). The number of aromatic nitrogens is 4. The highest BCUT2D eigenvalue weighted by molar-refractivity contribution is 5.24. The molecule has 3 rings (SSSR count). The van der Waals surface area contributed by atoms with Gasteiger partial charge in [-0.05, 0) is 18.9 Å². The summed E-state index contributed by atoms with van der Waals surface area (Å²) in [6.07, 6.45) is 9.16. The Morgan fingerprint density at radius 1 is 1.30 bits per heavy atom. The number of anilines is 1. The first kappa shape index (κ1) is 13.2. The van der Waals surface area contributed by atoms with Crippen LogP contribution in [-0.2, 0) is 13.5 Å². The maximum atomic E-state index is 5.68. The maximum Gasteiger partial charge on any atom is 0.145 e. The summed E-state index contributed by atoms with van der Waals surface area (Å²) in [7, 11) is 2.05. The number of nitrogens with zero attached hydrogens (tertiary/aromatic N) is 5. The van der Waals surface area contributed by atoms with Crippen LogP contribution in [0.4, 0.5) is 5.82 Å². The van der Waals surface area contributed by atoms with Crippen LogP contribution in [0.1, 0.15) is 24.7 Å². The summed E-state index contributed by atoms with van der Waals surface area (Å²) in [5.41, 5.74) is 5.68. The van der Waals surface area contributed by atoms with Crippen LogP contribution < -0.4 is 5.73 Å². The molecule has 0 atom stereocenters. The third kappa shape index (κ3) is 2.85. The van der Waals surface area contributed by atoms with Gasteiger partial charge >= 0.3 is 0 Å². The lowest BCUT2D eigenvalue weighted by atomic mass is 10.1. The largest absolute Gasteiger partial charge is 0.382 e. The lowest BCUT2D eigenvalue weighted by molar-refractivity contribution is 0.181. The number of rotatable bonds is 4. The van der Waals surface area contributed by atoms with Gasteiger partial charge in [-0.3, -0.25) is 4.68 Å². The second-order valence-electron chi connectivity index (χ2n) is 5.50. The molecule has 0 unspecified atom stereocenters. The topological polar surface area (TPSA) is 64.9 Å². The van der Waals surface area contributed by atoms with E-state index in [0.717, 1.165) is 44.7 Å². The molecule has 0 radical (unpaired) electrons. The van der Waals surface area contributed by atoms with Gasteiger partial charge in [-0.15, -0.1) is 0 Å². The van der Waals surface area contributed by atoms with Gasteiger partial charge in [-0.1, -0.05) is 0 Å². The van der Waals surface area contributed by atoms with Gasteiger partial charge in [0.25, 0.3) is 0 Å². The second-order valence-corrected chi connectivity index (χ2v) is 5.50. The van der Waals surface area contributed by atoms with Crippen molar-refractivity contribution in [3.05, 3.63) is 30.5 Å². The van der Waals surface area contributed by atoms with Crippen molar-refractivity contribution in [2.45, 2.75) is 25.3 Å². The van der Waals surface area contributed by atoms with E-state index in [1.165, 1.54) is 0 Å². The molecule has 0 amide bonds. The number of nitrogen functional groups attached to an aromatic ring is 1. The molecule has 0 aliphatic carbocycles. The molecule has 6 heteroatoms. The lowest BCUT2D eigenvalue weighted by Crippen LogP contribution is -2.36. The molecule has 0 aromatic carbocycles. The highest BCUT2D eigenvalue weighted by Gasteiger charge is 2.21. The van der Waals surface area contributed by atoms with Crippen LogP contribution in [0.15, 0.2) is 24.7 Å². The molecule has 2 aromatic heterocycles. The summed E-state index contributed by atoms with van der Waals surface area (Å²) in [4.78, 5) is 6.89. The van der Waals surface area contributed by atoms with Gasteiger partial charge < -0.3 is 15.2 Å². The number of nitrogens with two attached hydrogens (primary N) is 1. The van der Waals surface area contributed by atoms with E-state index in [1.807, 2.05) is 29.3 Å². The number of aryl methyl sites for hydroxylation is 1. The maximum absolute atomic E-state index is 5.68. The minimum absolute atomic E-state index is 0.497. The number of hydrogen-bond donors (Lipinski definition) is 1. The molecular weight excluding hydrogens is 252 g/mol. The SMILES string of the molecule is Cn1ccnc1CCN1CCC(n2ccc(N)n2)CC1. The van der Waals surface area contributed by atoms with E-state index in [-0.39, 0.29) is 0 Å². The Bertz CT molecular complexity index is 550. The molecule has 0 bridgehead atoms. The van der Waals surface area contributed by atoms with Crippen molar-refractivity contribution in [2.24, 2.45) is 7.05 Å². The van der Waals surface area contributed by atoms with Gasteiger partial charge in [-0.2, -0.15) is 5.10 Å². The Kier molecular flexibility index (Phi) is 3.73. The number of imidazole rings is 1. The monoisotopic (exact) mass is 274 g/mol. The number of likely N-dealkylation sites (tertiary alicyclic amines) is 1. The van der Waals surface area contributed by atoms with Crippen LogP contribution in [0.5, 0.6) is 0 Å². The van der Waals surface area contributed by atoms with Crippen molar-refractivity contribution < 1.29 is 0 Å². The molecule has 20 heavy (non-hydrogen) atoms. The highest BCUT2D eigenvalue weighted by atomic mass is 15.3. The van der Waals surface area contributed by atoms with Crippen molar-refractivity contribution in [2.75, 3.05) is 25.4 Å². The molecule has 0 spiro atoms. The molecule has 1 saturated heterocycles. The van der Waals surface area contributed by atoms with Crippen LogP contribution in [0, 0.1) is 0 Å². The fourth-order valence-electron chi connectivity index (χ4n) is 2.86. The molecule has 6 nitrogen and oxygen atoms in total. The summed E-state index contributed by atoms with van der Waals surface area (Å²) >= 11 is 0. The van der Waals surface area contributed by atoms with Crippen molar-refractivity contribution in [3.63, 3.8) is 0 Å². The van der Waals surface area contributed by atoms with Crippen LogP contribution in [0.25, 0.3) is 0 Å². The Labute approximate surface area is 119 Å². The van der Waals surface area contributed by atoms with Crippen LogP contribution >= 0.6 is 0 Å². The van der Waals surface area contributed by atoms with E-state index < -0.39 is 0 Å². The number of piperidine rings is 1. The Morgan fingerprint density at radius 2 is 2.10 bits per heavy atom. The Morgan fingerprint density at radius 3 is 2.70 bits per heavy atom. The smallest absolute Gasteiger partial charge is 0.145 e. The summed E-state index contributed by atoms with van der Waals surface area (Å²) < 4.78 is 4.12. The summed E-state index contributed by atoms with van der Waals surface area (Å²) in [6, 6.07) is 2.37. The fraction of sp³-hybridized carbons (Fsp3) is 0.571. The highest BCUT2D eigenvalue weighted by Crippen LogP contribution is 2.22. The lowest BCUT2D eigenvalue weighted by Gasteiger charge is -2.31. The Balaban J connectivity index is 1.48. The molecule has 1 aliphatic heterocycles. The first-order valence-electron chi connectivity index (χ1n) is 7.21. The van der Waals surface area contributed by atoms with Gasteiger partial charge in [0.1, 0.15) is 11.6 Å². The normalized spacial score (nSPS) is 17.6. The molecule has 3 heterocycles. The molecule has 0 saturated carbocycles. The Hall–Kier alpha value is -1.82. The van der Waals surface area contributed by atoms with Crippen LogP contribution in [-0.4, -0.2) is 43.9 Å². The predicted molar refractivity (Wildman–Crippen MR) is 78.3 cm³/mol. The van der Waals surface area contributed by atoms with E-state index in [9.17, 15) is 0 Å². The third-order valence-corrected chi connectivity index (χ3v) is 4.13. The third-order valence-electron chi connectivity index (χ3n) is 4.13. The summed E-state index contributed by atoms with van der Waals surface area (Å²) in [5, 5.41) is 4.32. The van der Waals surface area contributed by atoms with Gasteiger partial charge in [0.2, 0.25) is 0 Å². The van der Waals surface area contributed by atoms with Gasteiger partial charge in [0.15, 0.2) is 0 Å². The molecule has 1 fully saturated rings. The zero-order valence-corrected chi connectivity index (χ0v) is 11.9. The van der Waals surface area contributed by atoms with Crippen molar-refractivity contribution >= 4 is 5.82 Å². The van der Waals surface area contributed by atoms with Crippen molar-refractivity contribution in [3.8, 4) is 0 Å². The van der Waals surface area contributed by atoms with E-state index >= 15 is 0 Å². The molecule has 108 valence electrons. The molecular formula is C14H22N6. The van der Waals surface area contributed by atoms with E-state index in [0.29, 0.717) is 11.9 Å². The van der Waals surface area contributed by atoms with Crippen LogP contribution in [0.2, 0.25) is 0 Å². The first-order valence-corrected chi connectivity index (χ1v) is 7.21. The summed E-state index contributed by atoms with van der Waals surface area (Å²) in [5.74, 6) is 1.77. The summed E-state index contributed by atoms with van der Waals surface area (Å²) in [6.45, 7) is 3.32. The molecule has 2 aromatic rings. The zero-order valence-electron chi connectivity index (χ0n) is 11.9. The fourth-order valence-corrected chi connectivity index (χ4v) is 2.86. The van der Waals surface area contributed by atoms with E-state index in [4.69, 9.17) is 5.73 Å². The van der Waals surface area contributed by atoms with Crippen LogP contribution in [0.3, 0.4) is 0 Å². The quantitative estimate of drug-likeness (QED) is 0.906. The van der Waals surface area contributed by atoms with Gasteiger partial charge in [0, 0.05) is 51.7 Å². The minimum Gasteiger partial charge on any atom is -0.382 e. The van der Waals surface area contributed by atoms with Crippen molar-refractivity contribution in [1.29, 1.82) is 0 Å². The molecule has 1 aliphatic rings. The number of hydrogen-bond acceptors (Lipinski definition) is 4. The second kappa shape index (κ2) is 5.66. The molecule has 2 N–H and O–H groups in total. The predicted octanol–water partition coefficient (Wildman–Crippen LogP) is 1.08. The zero-order chi connectivity index (χ0) is 13.9. The average Bonchev–Trinajstić information content (AvgIpc) is 3.06. The van der Waals surface area contributed by atoms with E-state index in [1.54, 1.807) is 0 Å². The van der Waals surface area contributed by atoms with E-state index in [2.05, 4.69) is 26.6 Å². The van der Waals surface area contributed by atoms with Gasteiger partial charge in [0.05, 0.1) is 6.04 Å².